The van der Waals surface area contributed by atoms with Crippen molar-refractivity contribution in [1.29, 1.82) is 0 Å². The van der Waals surface area contributed by atoms with E-state index in [1.165, 1.54) is 0 Å². The third kappa shape index (κ3) is 3.67. The number of nitrogens with one attached hydrogen (secondary N) is 2. The minimum Gasteiger partial charge on any atom is -0.333 e. The van der Waals surface area contributed by atoms with Gasteiger partial charge < -0.3 is 15.5 Å². The largest absolute Gasteiger partial charge is 0.333 e. The monoisotopic (exact) mass is 227 g/mol. The van der Waals surface area contributed by atoms with Gasteiger partial charge in [-0.2, -0.15) is 0 Å². The zero-order valence-electron chi connectivity index (χ0n) is 11.1. The molecule has 1 unspecified atom stereocenters. The van der Waals surface area contributed by atoms with Gasteiger partial charge in [0.25, 0.3) is 0 Å². The topological polar surface area (TPSA) is 44.4 Å². The van der Waals surface area contributed by atoms with Gasteiger partial charge in [0, 0.05) is 24.7 Å². The number of likely N-dealkylation sites (N-methyl/N-ethyl adjacent to an activating group) is 1. The highest BCUT2D eigenvalue weighted by Gasteiger charge is 2.32. The van der Waals surface area contributed by atoms with Gasteiger partial charge in [-0.3, -0.25) is 0 Å². The number of carbonyl (C=O) groups excluding carboxylic acids is 1. The van der Waals surface area contributed by atoms with Crippen molar-refractivity contribution in [1.82, 2.24) is 15.5 Å². The molecular formula is C12H25N3O. The van der Waals surface area contributed by atoms with Crippen molar-refractivity contribution < 1.29 is 4.79 Å². The minimum absolute atomic E-state index is 0.0237. The van der Waals surface area contributed by atoms with E-state index in [1.54, 1.807) is 0 Å². The van der Waals surface area contributed by atoms with E-state index in [-0.39, 0.29) is 11.6 Å². The summed E-state index contributed by atoms with van der Waals surface area (Å²) in [6.45, 7) is 10.2. The van der Waals surface area contributed by atoms with Gasteiger partial charge in [-0.25, -0.2) is 4.79 Å². The highest BCUT2D eigenvalue weighted by Crippen LogP contribution is 2.15. The maximum atomic E-state index is 11.7. The molecule has 1 saturated heterocycles. The molecule has 0 aromatic heterocycles. The van der Waals surface area contributed by atoms with Gasteiger partial charge in [-0.15, -0.1) is 0 Å². The molecule has 0 saturated carbocycles. The van der Waals surface area contributed by atoms with Crippen molar-refractivity contribution in [2.24, 2.45) is 5.92 Å². The van der Waals surface area contributed by atoms with Gasteiger partial charge in [-0.05, 0) is 33.2 Å². The van der Waals surface area contributed by atoms with Gasteiger partial charge in [0.05, 0.1) is 0 Å². The average molecular weight is 227 g/mol. The van der Waals surface area contributed by atoms with Crippen LogP contribution in [0.3, 0.4) is 0 Å². The molecule has 1 fully saturated rings. The summed E-state index contributed by atoms with van der Waals surface area (Å²) in [5, 5.41) is 6.26. The summed E-state index contributed by atoms with van der Waals surface area (Å²) in [5.41, 5.74) is -0.0237. The van der Waals surface area contributed by atoms with E-state index in [1.807, 2.05) is 11.9 Å². The lowest BCUT2D eigenvalue weighted by Crippen LogP contribution is -2.48. The molecule has 94 valence electrons. The number of hydrogen-bond acceptors (Lipinski definition) is 2. The van der Waals surface area contributed by atoms with Crippen LogP contribution in [0.15, 0.2) is 0 Å². The van der Waals surface area contributed by atoms with Crippen LogP contribution in [0.5, 0.6) is 0 Å². The number of rotatable bonds is 5. The second-order valence-electron chi connectivity index (χ2n) is 5.79. The van der Waals surface area contributed by atoms with E-state index in [2.05, 4.69) is 38.3 Å². The van der Waals surface area contributed by atoms with Crippen molar-refractivity contribution in [3.05, 3.63) is 0 Å². The van der Waals surface area contributed by atoms with Crippen molar-refractivity contribution in [2.45, 2.75) is 45.7 Å². The number of hydrogen-bond donors (Lipinski definition) is 2. The number of nitrogens with zero attached hydrogens (tertiary/aromatic N) is 1. The summed E-state index contributed by atoms with van der Waals surface area (Å²) in [6, 6.07) is 0.397. The molecular weight excluding hydrogens is 202 g/mol. The molecule has 16 heavy (non-hydrogen) atoms. The molecule has 1 aliphatic rings. The van der Waals surface area contributed by atoms with Gasteiger partial charge >= 0.3 is 6.03 Å². The number of urea groups is 1. The smallest absolute Gasteiger partial charge is 0.317 e. The van der Waals surface area contributed by atoms with Gasteiger partial charge in [0.2, 0.25) is 0 Å². The van der Waals surface area contributed by atoms with Crippen molar-refractivity contribution in [3.63, 3.8) is 0 Å². The number of amides is 2. The van der Waals surface area contributed by atoms with Crippen LogP contribution in [0, 0.1) is 5.92 Å². The Kier molecular flexibility index (Phi) is 4.19. The molecule has 1 rings (SSSR count). The maximum Gasteiger partial charge on any atom is 0.317 e. The molecule has 0 spiro atoms. The summed E-state index contributed by atoms with van der Waals surface area (Å²) >= 11 is 0. The Bertz CT molecular complexity index is 251. The van der Waals surface area contributed by atoms with E-state index in [9.17, 15) is 4.79 Å². The standard InChI is InChI=1S/C12H25N3O/c1-9(2)6-10-7-15(11(16)14-10)8-12(3,4)13-5/h9-10,13H,6-8H2,1-5H3,(H,14,16). The highest BCUT2D eigenvalue weighted by atomic mass is 16.2. The first-order chi connectivity index (χ1) is 7.34. The lowest BCUT2D eigenvalue weighted by atomic mass is 10.0. The molecule has 0 radical (unpaired) electrons. The quantitative estimate of drug-likeness (QED) is 0.746. The van der Waals surface area contributed by atoms with Crippen LogP contribution >= 0.6 is 0 Å². The fourth-order valence-electron chi connectivity index (χ4n) is 2.06. The Morgan fingerprint density at radius 1 is 1.56 bits per heavy atom. The Morgan fingerprint density at radius 2 is 2.19 bits per heavy atom. The van der Waals surface area contributed by atoms with E-state index >= 15 is 0 Å². The van der Waals surface area contributed by atoms with E-state index < -0.39 is 0 Å². The molecule has 1 heterocycles. The first kappa shape index (κ1) is 13.3. The summed E-state index contributed by atoms with van der Waals surface area (Å²) in [7, 11) is 1.93. The Labute approximate surface area is 98.8 Å². The van der Waals surface area contributed by atoms with Crippen LogP contribution in [-0.4, -0.2) is 42.6 Å². The van der Waals surface area contributed by atoms with E-state index in [0.717, 1.165) is 19.5 Å². The first-order valence-electron chi connectivity index (χ1n) is 6.08. The molecule has 4 nitrogen and oxygen atoms in total. The lowest BCUT2D eigenvalue weighted by molar-refractivity contribution is 0.201. The molecule has 0 aliphatic carbocycles. The summed E-state index contributed by atoms with van der Waals surface area (Å²) in [6.07, 6.45) is 1.06. The summed E-state index contributed by atoms with van der Waals surface area (Å²) in [5.74, 6) is 0.627. The van der Waals surface area contributed by atoms with Crippen molar-refractivity contribution >= 4 is 6.03 Å². The zero-order chi connectivity index (χ0) is 12.3. The lowest BCUT2D eigenvalue weighted by Gasteiger charge is -2.29. The van der Waals surface area contributed by atoms with Crippen LogP contribution in [0.25, 0.3) is 0 Å². The maximum absolute atomic E-state index is 11.7. The van der Waals surface area contributed by atoms with Gasteiger partial charge in [0.15, 0.2) is 0 Å². The minimum atomic E-state index is -0.0237. The molecule has 0 bridgehead atoms. The fraction of sp³-hybridized carbons (Fsp3) is 0.917. The van der Waals surface area contributed by atoms with Gasteiger partial charge in [-0.1, -0.05) is 13.8 Å². The van der Waals surface area contributed by atoms with Crippen LogP contribution in [0.1, 0.15) is 34.1 Å². The Morgan fingerprint density at radius 3 is 2.69 bits per heavy atom. The molecule has 1 aliphatic heterocycles. The zero-order valence-corrected chi connectivity index (χ0v) is 11.1. The summed E-state index contributed by atoms with van der Waals surface area (Å²) in [4.78, 5) is 13.7. The molecule has 2 amide bonds. The fourth-order valence-corrected chi connectivity index (χ4v) is 2.06. The van der Waals surface area contributed by atoms with Crippen molar-refractivity contribution in [3.8, 4) is 0 Å². The van der Waals surface area contributed by atoms with Gasteiger partial charge in [0.1, 0.15) is 0 Å². The normalized spacial score (nSPS) is 21.8. The second-order valence-corrected chi connectivity index (χ2v) is 5.79. The van der Waals surface area contributed by atoms with Crippen LogP contribution in [0.2, 0.25) is 0 Å². The molecule has 0 aromatic rings. The summed E-state index contributed by atoms with van der Waals surface area (Å²) < 4.78 is 0. The Balaban J connectivity index is 2.48. The molecule has 4 heteroatoms. The third-order valence-corrected chi connectivity index (χ3v) is 3.07. The van der Waals surface area contributed by atoms with Crippen LogP contribution in [-0.2, 0) is 0 Å². The highest BCUT2D eigenvalue weighted by molar-refractivity contribution is 5.77. The number of carbonyl (C=O) groups is 1. The molecule has 1 atom stereocenters. The average Bonchev–Trinajstić information content (AvgIpc) is 2.45. The van der Waals surface area contributed by atoms with Crippen LogP contribution in [0.4, 0.5) is 4.79 Å². The predicted octanol–water partition coefficient (Wildman–Crippen LogP) is 1.42. The van der Waals surface area contributed by atoms with Crippen LogP contribution < -0.4 is 10.6 Å². The van der Waals surface area contributed by atoms with E-state index in [4.69, 9.17) is 0 Å². The predicted molar refractivity (Wildman–Crippen MR) is 66.5 cm³/mol. The molecule has 2 N–H and O–H groups in total. The third-order valence-electron chi connectivity index (χ3n) is 3.07. The van der Waals surface area contributed by atoms with E-state index in [0.29, 0.717) is 12.0 Å². The molecule has 0 aromatic carbocycles. The first-order valence-corrected chi connectivity index (χ1v) is 6.08. The Hall–Kier alpha value is -0.770. The second kappa shape index (κ2) is 5.04. The van der Waals surface area contributed by atoms with Crippen molar-refractivity contribution in [2.75, 3.05) is 20.1 Å². The SMILES string of the molecule is CNC(C)(C)CN1CC(CC(C)C)NC1=O.